The lowest BCUT2D eigenvalue weighted by Crippen LogP contribution is -2.19. The Morgan fingerprint density at radius 2 is 2.14 bits per heavy atom. The summed E-state index contributed by atoms with van der Waals surface area (Å²) in [7, 11) is 1.64. The molecule has 0 radical (unpaired) electrons. The largest absolute Gasteiger partial charge is 0.379 e. The van der Waals surface area contributed by atoms with Crippen LogP contribution in [0.15, 0.2) is 30.5 Å². The quantitative estimate of drug-likeness (QED) is 0.858. The minimum absolute atomic E-state index is 0.0628. The second-order valence-electron chi connectivity index (χ2n) is 4.96. The van der Waals surface area contributed by atoms with Crippen LogP contribution in [0.2, 0.25) is 0 Å². The van der Waals surface area contributed by atoms with Crippen molar-refractivity contribution in [3.05, 3.63) is 47.3 Å². The van der Waals surface area contributed by atoms with Gasteiger partial charge in [-0.3, -0.25) is 9.48 Å². The van der Waals surface area contributed by atoms with E-state index in [2.05, 4.69) is 22.7 Å². The standard InChI is InChI=1S/C16H22N4O/c1-4-10-20-13(8-9-19-20)11-18-15-7-5-6-14(12(15)2)16(21)17-3/h5-9,18H,4,10-11H2,1-3H3,(H,17,21). The molecule has 5 heteroatoms. The molecule has 0 saturated heterocycles. The summed E-state index contributed by atoms with van der Waals surface area (Å²) in [6, 6.07) is 7.73. The summed E-state index contributed by atoms with van der Waals surface area (Å²) in [4.78, 5) is 11.8. The van der Waals surface area contributed by atoms with E-state index in [4.69, 9.17) is 0 Å². The molecule has 2 rings (SSSR count). The van der Waals surface area contributed by atoms with Crippen molar-refractivity contribution in [3.63, 3.8) is 0 Å². The van der Waals surface area contributed by atoms with Gasteiger partial charge in [0.15, 0.2) is 0 Å². The smallest absolute Gasteiger partial charge is 0.251 e. The molecular weight excluding hydrogens is 264 g/mol. The Balaban J connectivity index is 2.13. The fourth-order valence-electron chi connectivity index (χ4n) is 2.32. The third-order valence-electron chi connectivity index (χ3n) is 3.51. The maximum absolute atomic E-state index is 11.8. The molecule has 0 atom stereocenters. The van der Waals surface area contributed by atoms with Gasteiger partial charge in [-0.2, -0.15) is 5.10 Å². The zero-order valence-corrected chi connectivity index (χ0v) is 12.8. The number of rotatable bonds is 6. The monoisotopic (exact) mass is 286 g/mol. The number of aryl methyl sites for hydroxylation is 1. The number of amides is 1. The lowest BCUT2D eigenvalue weighted by atomic mass is 10.1. The Hall–Kier alpha value is -2.30. The van der Waals surface area contributed by atoms with Crippen molar-refractivity contribution in [3.8, 4) is 0 Å². The minimum atomic E-state index is -0.0628. The third-order valence-corrected chi connectivity index (χ3v) is 3.51. The van der Waals surface area contributed by atoms with Crippen molar-refractivity contribution < 1.29 is 4.79 Å². The minimum Gasteiger partial charge on any atom is -0.379 e. The summed E-state index contributed by atoms with van der Waals surface area (Å²) in [6.07, 6.45) is 2.88. The van der Waals surface area contributed by atoms with Crippen LogP contribution in [0.5, 0.6) is 0 Å². The molecule has 2 aromatic rings. The normalized spacial score (nSPS) is 10.4. The van der Waals surface area contributed by atoms with Crippen LogP contribution >= 0.6 is 0 Å². The summed E-state index contributed by atoms with van der Waals surface area (Å²) < 4.78 is 2.00. The van der Waals surface area contributed by atoms with Crippen molar-refractivity contribution in [2.24, 2.45) is 0 Å². The van der Waals surface area contributed by atoms with Crippen LogP contribution in [0.3, 0.4) is 0 Å². The number of carbonyl (C=O) groups excluding carboxylic acids is 1. The van der Waals surface area contributed by atoms with E-state index in [0.29, 0.717) is 12.1 Å². The van der Waals surface area contributed by atoms with E-state index in [1.165, 1.54) is 0 Å². The van der Waals surface area contributed by atoms with Gasteiger partial charge in [-0.25, -0.2) is 0 Å². The molecule has 0 unspecified atom stereocenters. The first-order valence-corrected chi connectivity index (χ1v) is 7.23. The molecule has 1 aromatic heterocycles. The average Bonchev–Trinajstić information content (AvgIpc) is 2.93. The van der Waals surface area contributed by atoms with E-state index in [1.807, 2.05) is 42.1 Å². The molecule has 112 valence electrons. The predicted molar refractivity (Wildman–Crippen MR) is 84.4 cm³/mol. The van der Waals surface area contributed by atoms with Crippen LogP contribution < -0.4 is 10.6 Å². The Morgan fingerprint density at radius 3 is 2.86 bits per heavy atom. The fourth-order valence-corrected chi connectivity index (χ4v) is 2.32. The predicted octanol–water partition coefficient (Wildman–Crippen LogP) is 2.57. The van der Waals surface area contributed by atoms with Crippen LogP contribution in [-0.4, -0.2) is 22.7 Å². The Labute approximate surface area is 125 Å². The lowest BCUT2D eigenvalue weighted by molar-refractivity contribution is 0.0962. The first kappa shape index (κ1) is 15.1. The van der Waals surface area contributed by atoms with E-state index in [9.17, 15) is 4.79 Å². The number of anilines is 1. The summed E-state index contributed by atoms with van der Waals surface area (Å²) in [5.74, 6) is -0.0628. The van der Waals surface area contributed by atoms with Crippen molar-refractivity contribution in [1.82, 2.24) is 15.1 Å². The number of hydrogen-bond donors (Lipinski definition) is 2. The molecule has 1 aromatic carbocycles. The van der Waals surface area contributed by atoms with Gasteiger partial charge in [0, 0.05) is 31.0 Å². The van der Waals surface area contributed by atoms with E-state index < -0.39 is 0 Å². The molecule has 1 heterocycles. The second kappa shape index (κ2) is 6.92. The van der Waals surface area contributed by atoms with Gasteiger partial charge in [0.1, 0.15) is 0 Å². The van der Waals surface area contributed by atoms with Gasteiger partial charge >= 0.3 is 0 Å². The summed E-state index contributed by atoms with van der Waals surface area (Å²) in [6.45, 7) is 5.70. The summed E-state index contributed by atoms with van der Waals surface area (Å²) in [5.41, 5.74) is 3.77. The summed E-state index contributed by atoms with van der Waals surface area (Å²) >= 11 is 0. The highest BCUT2D eigenvalue weighted by atomic mass is 16.1. The van der Waals surface area contributed by atoms with Crippen molar-refractivity contribution in [2.45, 2.75) is 33.4 Å². The number of benzene rings is 1. The molecule has 5 nitrogen and oxygen atoms in total. The Kier molecular flexibility index (Phi) is 4.98. The van der Waals surface area contributed by atoms with Gasteiger partial charge in [-0.1, -0.05) is 13.0 Å². The van der Waals surface area contributed by atoms with Gasteiger partial charge in [-0.05, 0) is 37.1 Å². The van der Waals surface area contributed by atoms with Crippen LogP contribution in [-0.2, 0) is 13.1 Å². The number of nitrogens with one attached hydrogen (secondary N) is 2. The van der Waals surface area contributed by atoms with Crippen molar-refractivity contribution >= 4 is 11.6 Å². The molecule has 0 aliphatic carbocycles. The zero-order chi connectivity index (χ0) is 15.2. The lowest BCUT2D eigenvalue weighted by Gasteiger charge is -2.13. The van der Waals surface area contributed by atoms with Crippen LogP contribution in [0.4, 0.5) is 5.69 Å². The number of nitrogens with zero attached hydrogens (tertiary/aromatic N) is 2. The van der Waals surface area contributed by atoms with Gasteiger partial charge in [0.2, 0.25) is 0 Å². The van der Waals surface area contributed by atoms with Crippen molar-refractivity contribution in [2.75, 3.05) is 12.4 Å². The molecule has 0 spiro atoms. The van der Waals surface area contributed by atoms with Crippen LogP contribution in [0.1, 0.15) is 35.0 Å². The van der Waals surface area contributed by atoms with E-state index in [0.717, 1.165) is 29.9 Å². The molecule has 0 aliphatic heterocycles. The highest BCUT2D eigenvalue weighted by Crippen LogP contribution is 2.19. The van der Waals surface area contributed by atoms with Gasteiger partial charge in [0.05, 0.1) is 12.2 Å². The first-order chi connectivity index (χ1) is 10.2. The van der Waals surface area contributed by atoms with E-state index >= 15 is 0 Å². The Bertz CT molecular complexity index is 618. The zero-order valence-electron chi connectivity index (χ0n) is 12.8. The van der Waals surface area contributed by atoms with Crippen LogP contribution in [0.25, 0.3) is 0 Å². The van der Waals surface area contributed by atoms with E-state index in [-0.39, 0.29) is 5.91 Å². The van der Waals surface area contributed by atoms with Crippen LogP contribution in [0, 0.1) is 6.92 Å². The molecule has 1 amide bonds. The average molecular weight is 286 g/mol. The van der Waals surface area contributed by atoms with Gasteiger partial charge in [-0.15, -0.1) is 0 Å². The SMILES string of the molecule is CCCn1nccc1CNc1cccc(C(=O)NC)c1C. The highest BCUT2D eigenvalue weighted by molar-refractivity contribution is 5.96. The number of aromatic nitrogens is 2. The van der Waals surface area contributed by atoms with Gasteiger partial charge in [0.25, 0.3) is 5.91 Å². The maximum Gasteiger partial charge on any atom is 0.251 e. The first-order valence-electron chi connectivity index (χ1n) is 7.23. The molecule has 0 saturated carbocycles. The van der Waals surface area contributed by atoms with Crippen molar-refractivity contribution in [1.29, 1.82) is 0 Å². The molecule has 0 aliphatic rings. The van der Waals surface area contributed by atoms with Gasteiger partial charge < -0.3 is 10.6 Å². The summed E-state index contributed by atoms with van der Waals surface area (Å²) in [5, 5.41) is 10.4. The molecule has 2 N–H and O–H groups in total. The fraction of sp³-hybridized carbons (Fsp3) is 0.375. The number of carbonyl (C=O) groups is 1. The maximum atomic E-state index is 11.8. The molecular formula is C16H22N4O. The molecule has 21 heavy (non-hydrogen) atoms. The molecule has 0 fully saturated rings. The molecule has 0 bridgehead atoms. The Morgan fingerprint density at radius 1 is 1.33 bits per heavy atom. The van der Waals surface area contributed by atoms with E-state index in [1.54, 1.807) is 7.05 Å². The second-order valence-corrected chi connectivity index (χ2v) is 4.96. The highest BCUT2D eigenvalue weighted by Gasteiger charge is 2.10. The topological polar surface area (TPSA) is 59.0 Å². The third kappa shape index (κ3) is 3.42. The number of hydrogen-bond acceptors (Lipinski definition) is 3.